The van der Waals surface area contributed by atoms with Crippen molar-refractivity contribution in [3.63, 3.8) is 0 Å². The Morgan fingerprint density at radius 3 is 2.60 bits per heavy atom. The number of nitrogens with one attached hydrogen (secondary N) is 1. The van der Waals surface area contributed by atoms with E-state index in [1.54, 1.807) is 22.4 Å². The first-order chi connectivity index (χ1) is 7.11. The maximum Gasteiger partial charge on any atom is 0.327 e. The van der Waals surface area contributed by atoms with Gasteiger partial charge in [-0.2, -0.15) is 0 Å². The van der Waals surface area contributed by atoms with Crippen molar-refractivity contribution in [1.29, 1.82) is 0 Å². The summed E-state index contributed by atoms with van der Waals surface area (Å²) in [5, 5.41) is 3.29. The average Bonchev–Trinajstić information content (AvgIpc) is 2.48. The van der Waals surface area contributed by atoms with Gasteiger partial charge in [0, 0.05) is 45.6 Å². The summed E-state index contributed by atoms with van der Waals surface area (Å²) in [5.41, 5.74) is 0.0457. The van der Waals surface area contributed by atoms with Crippen LogP contribution in [-0.4, -0.2) is 47.8 Å². The highest BCUT2D eigenvalue weighted by Crippen LogP contribution is 1.81. The lowest BCUT2D eigenvalue weighted by atomic mass is 10.5. The fourth-order valence-corrected chi connectivity index (χ4v) is 1.31. The maximum absolute atomic E-state index is 11.4. The van der Waals surface area contributed by atoms with Gasteiger partial charge in [-0.3, -0.25) is 4.57 Å². The maximum atomic E-state index is 11.4. The lowest BCUT2D eigenvalue weighted by Gasteiger charge is -2.10. The molecule has 5 heteroatoms. The molecule has 0 spiro atoms. The molecule has 15 heavy (non-hydrogen) atoms. The van der Waals surface area contributed by atoms with E-state index < -0.39 is 0 Å². The molecule has 0 bridgehead atoms. The molecule has 0 radical (unpaired) electrons. The Morgan fingerprint density at radius 2 is 2.07 bits per heavy atom. The fourth-order valence-electron chi connectivity index (χ4n) is 1.31. The van der Waals surface area contributed by atoms with Gasteiger partial charge in [0.1, 0.15) is 0 Å². The minimum Gasteiger partial charge on any atom is -0.314 e. The van der Waals surface area contributed by atoms with Crippen LogP contribution in [0.3, 0.4) is 0 Å². The first-order valence-electron chi connectivity index (χ1n) is 5.18. The topological polar surface area (TPSA) is 42.2 Å². The lowest BCUT2D eigenvalue weighted by molar-refractivity contribution is 0.397. The second kappa shape index (κ2) is 5.72. The van der Waals surface area contributed by atoms with Gasteiger partial charge in [-0.25, -0.2) is 4.79 Å². The zero-order valence-corrected chi connectivity index (χ0v) is 9.73. The summed E-state index contributed by atoms with van der Waals surface area (Å²) in [5.74, 6) is 0. The third-order valence-corrected chi connectivity index (χ3v) is 2.28. The van der Waals surface area contributed by atoms with Crippen molar-refractivity contribution in [3.8, 4) is 0 Å². The number of imidazole rings is 1. The van der Waals surface area contributed by atoms with Gasteiger partial charge in [-0.05, 0) is 14.1 Å². The molecular formula is C10H20N4O. The highest BCUT2D eigenvalue weighted by atomic mass is 16.1. The molecule has 0 aliphatic carbocycles. The normalized spacial score (nSPS) is 11.2. The molecule has 0 unspecified atom stereocenters. The van der Waals surface area contributed by atoms with Crippen molar-refractivity contribution in [2.45, 2.75) is 6.54 Å². The zero-order valence-electron chi connectivity index (χ0n) is 9.73. The molecule has 5 nitrogen and oxygen atoms in total. The van der Waals surface area contributed by atoms with Crippen LogP contribution in [0.4, 0.5) is 0 Å². The van der Waals surface area contributed by atoms with Crippen LogP contribution in [0.5, 0.6) is 0 Å². The van der Waals surface area contributed by atoms with Gasteiger partial charge in [-0.15, -0.1) is 0 Å². The number of hydrogen-bond donors (Lipinski definition) is 1. The van der Waals surface area contributed by atoms with E-state index in [9.17, 15) is 4.79 Å². The highest BCUT2D eigenvalue weighted by Gasteiger charge is 1.98. The predicted molar refractivity (Wildman–Crippen MR) is 61.1 cm³/mol. The van der Waals surface area contributed by atoms with Crippen LogP contribution in [0.15, 0.2) is 17.2 Å². The summed E-state index contributed by atoms with van der Waals surface area (Å²) < 4.78 is 3.29. The molecule has 0 fully saturated rings. The van der Waals surface area contributed by atoms with Crippen LogP contribution in [0.1, 0.15) is 0 Å². The first-order valence-corrected chi connectivity index (χ1v) is 5.18. The van der Waals surface area contributed by atoms with E-state index in [0.29, 0.717) is 0 Å². The molecule has 0 aromatic carbocycles. The van der Waals surface area contributed by atoms with Crippen molar-refractivity contribution in [2.75, 3.05) is 33.7 Å². The SMILES string of the molecule is CN(C)CCNCCn1ccn(C)c1=O. The van der Waals surface area contributed by atoms with Crippen LogP contribution >= 0.6 is 0 Å². The predicted octanol–water partition coefficient (Wildman–Crippen LogP) is -0.662. The molecule has 86 valence electrons. The van der Waals surface area contributed by atoms with E-state index in [1.807, 2.05) is 20.3 Å². The number of aromatic nitrogens is 2. The Morgan fingerprint density at radius 1 is 1.33 bits per heavy atom. The van der Waals surface area contributed by atoms with Crippen LogP contribution in [0.2, 0.25) is 0 Å². The molecule has 0 atom stereocenters. The molecule has 0 aliphatic heterocycles. The third kappa shape index (κ3) is 3.89. The molecule has 0 aliphatic rings. The number of aryl methyl sites for hydroxylation is 1. The average molecular weight is 212 g/mol. The van der Waals surface area contributed by atoms with Gasteiger partial charge in [0.25, 0.3) is 0 Å². The van der Waals surface area contributed by atoms with E-state index in [1.165, 1.54) is 0 Å². The second-order valence-corrected chi connectivity index (χ2v) is 3.94. The van der Waals surface area contributed by atoms with Gasteiger partial charge in [0.2, 0.25) is 0 Å². The van der Waals surface area contributed by atoms with Crippen molar-refractivity contribution in [1.82, 2.24) is 19.4 Å². The Hall–Kier alpha value is -1.07. The molecule has 0 saturated heterocycles. The molecular weight excluding hydrogens is 192 g/mol. The Balaban J connectivity index is 2.21. The smallest absolute Gasteiger partial charge is 0.314 e. The first kappa shape index (κ1) is 12.0. The minimum absolute atomic E-state index is 0.0457. The van der Waals surface area contributed by atoms with Gasteiger partial charge in [0.15, 0.2) is 0 Å². The summed E-state index contributed by atoms with van der Waals surface area (Å²) in [6.07, 6.45) is 3.60. The van der Waals surface area contributed by atoms with E-state index in [2.05, 4.69) is 10.2 Å². The summed E-state index contributed by atoms with van der Waals surface area (Å²) in [7, 11) is 5.85. The fraction of sp³-hybridized carbons (Fsp3) is 0.700. The number of rotatable bonds is 6. The minimum atomic E-state index is 0.0457. The van der Waals surface area contributed by atoms with Gasteiger partial charge in [-0.1, -0.05) is 0 Å². The molecule has 1 aromatic rings. The van der Waals surface area contributed by atoms with E-state index in [0.717, 1.165) is 26.2 Å². The van der Waals surface area contributed by atoms with Crippen LogP contribution in [0.25, 0.3) is 0 Å². The van der Waals surface area contributed by atoms with Crippen molar-refractivity contribution < 1.29 is 0 Å². The van der Waals surface area contributed by atoms with Crippen molar-refractivity contribution in [2.24, 2.45) is 7.05 Å². The van der Waals surface area contributed by atoms with E-state index in [-0.39, 0.29) is 5.69 Å². The Kier molecular flexibility index (Phi) is 4.58. The quantitative estimate of drug-likeness (QED) is 0.636. The molecule has 1 N–H and O–H groups in total. The van der Waals surface area contributed by atoms with Crippen LogP contribution in [-0.2, 0) is 13.6 Å². The van der Waals surface area contributed by atoms with Crippen LogP contribution in [0, 0.1) is 0 Å². The molecule has 1 rings (SSSR count). The van der Waals surface area contributed by atoms with E-state index in [4.69, 9.17) is 0 Å². The summed E-state index contributed by atoms with van der Waals surface area (Å²) >= 11 is 0. The summed E-state index contributed by atoms with van der Waals surface area (Å²) in [6.45, 7) is 3.53. The molecule has 0 amide bonds. The zero-order chi connectivity index (χ0) is 11.3. The molecule has 0 saturated carbocycles. The number of likely N-dealkylation sites (N-methyl/N-ethyl adjacent to an activating group) is 1. The van der Waals surface area contributed by atoms with E-state index >= 15 is 0 Å². The number of hydrogen-bond acceptors (Lipinski definition) is 3. The van der Waals surface area contributed by atoms with Gasteiger partial charge < -0.3 is 14.8 Å². The molecule has 1 aromatic heterocycles. The largest absolute Gasteiger partial charge is 0.327 e. The van der Waals surface area contributed by atoms with Crippen LogP contribution < -0.4 is 11.0 Å². The molecule has 1 heterocycles. The highest BCUT2D eigenvalue weighted by molar-refractivity contribution is 4.79. The van der Waals surface area contributed by atoms with Crippen molar-refractivity contribution in [3.05, 3.63) is 22.9 Å². The lowest BCUT2D eigenvalue weighted by Crippen LogP contribution is -2.31. The number of nitrogens with zero attached hydrogens (tertiary/aromatic N) is 3. The second-order valence-electron chi connectivity index (χ2n) is 3.94. The summed E-state index contributed by atoms with van der Waals surface area (Å²) in [6, 6.07) is 0. The monoisotopic (exact) mass is 212 g/mol. The van der Waals surface area contributed by atoms with Gasteiger partial charge in [0.05, 0.1) is 0 Å². The standard InChI is InChI=1S/C10H20N4O/c1-12(2)6-4-11-5-7-14-9-8-13(3)10(14)15/h8-9,11H,4-7H2,1-3H3. The van der Waals surface area contributed by atoms with Crippen molar-refractivity contribution >= 4 is 0 Å². The third-order valence-electron chi connectivity index (χ3n) is 2.28. The Bertz CT molecular complexity index is 339. The van der Waals surface area contributed by atoms with Gasteiger partial charge >= 0.3 is 5.69 Å². The summed E-state index contributed by atoms with van der Waals surface area (Å²) in [4.78, 5) is 13.6. The Labute approximate surface area is 90.3 Å².